The zero-order valence-electron chi connectivity index (χ0n) is 10.3. The SMILES string of the molecule is N#Cc1cc(CN2CCOCC2C(N)=O)ccc1F. The Morgan fingerprint density at radius 1 is 1.63 bits per heavy atom. The largest absolute Gasteiger partial charge is 0.378 e. The summed E-state index contributed by atoms with van der Waals surface area (Å²) in [7, 11) is 0. The first-order valence-corrected chi connectivity index (χ1v) is 5.91. The van der Waals surface area contributed by atoms with Gasteiger partial charge in [0.15, 0.2) is 0 Å². The van der Waals surface area contributed by atoms with Crippen LogP contribution >= 0.6 is 0 Å². The van der Waals surface area contributed by atoms with Gasteiger partial charge < -0.3 is 10.5 Å². The molecule has 6 heteroatoms. The molecular formula is C13H14FN3O2. The van der Waals surface area contributed by atoms with Crippen molar-refractivity contribution in [1.29, 1.82) is 5.26 Å². The van der Waals surface area contributed by atoms with Gasteiger partial charge in [-0.05, 0) is 17.7 Å². The van der Waals surface area contributed by atoms with E-state index in [1.165, 1.54) is 12.1 Å². The van der Waals surface area contributed by atoms with Gasteiger partial charge in [-0.1, -0.05) is 6.07 Å². The number of nitriles is 1. The summed E-state index contributed by atoms with van der Waals surface area (Å²) in [4.78, 5) is 13.2. The number of halogens is 1. The van der Waals surface area contributed by atoms with Crippen LogP contribution in [0.4, 0.5) is 4.39 Å². The molecule has 1 aromatic rings. The number of amides is 1. The maximum absolute atomic E-state index is 13.2. The van der Waals surface area contributed by atoms with Gasteiger partial charge in [0.25, 0.3) is 0 Å². The minimum atomic E-state index is -0.542. The number of carbonyl (C=O) groups is 1. The Balaban J connectivity index is 2.15. The van der Waals surface area contributed by atoms with E-state index in [4.69, 9.17) is 15.7 Å². The van der Waals surface area contributed by atoms with Gasteiger partial charge in [0.1, 0.15) is 17.9 Å². The van der Waals surface area contributed by atoms with Crippen LogP contribution in [0.15, 0.2) is 18.2 Å². The molecule has 0 radical (unpaired) electrons. The second kappa shape index (κ2) is 5.78. The fourth-order valence-electron chi connectivity index (χ4n) is 2.08. The summed E-state index contributed by atoms with van der Waals surface area (Å²) in [6.07, 6.45) is 0. The van der Waals surface area contributed by atoms with Crippen molar-refractivity contribution in [2.24, 2.45) is 5.73 Å². The molecule has 2 N–H and O–H groups in total. The van der Waals surface area contributed by atoms with Gasteiger partial charge in [-0.2, -0.15) is 5.26 Å². The standard InChI is InChI=1S/C13H14FN3O2/c14-11-2-1-9(5-10(11)6-15)7-17-3-4-19-8-12(17)13(16)18/h1-2,5,12H,3-4,7-8H2,(H2,16,18). The number of hydrogen-bond acceptors (Lipinski definition) is 4. The number of ether oxygens (including phenoxy) is 1. The number of rotatable bonds is 3. The van der Waals surface area contributed by atoms with Gasteiger partial charge in [0, 0.05) is 13.1 Å². The van der Waals surface area contributed by atoms with E-state index < -0.39 is 17.8 Å². The zero-order valence-corrected chi connectivity index (χ0v) is 10.3. The number of nitrogens with two attached hydrogens (primary N) is 1. The molecule has 0 aromatic heterocycles. The maximum Gasteiger partial charge on any atom is 0.237 e. The quantitative estimate of drug-likeness (QED) is 0.855. The second-order valence-corrected chi connectivity index (χ2v) is 4.39. The lowest BCUT2D eigenvalue weighted by Gasteiger charge is -2.33. The Morgan fingerprint density at radius 2 is 2.42 bits per heavy atom. The summed E-state index contributed by atoms with van der Waals surface area (Å²) in [5, 5.41) is 8.79. The van der Waals surface area contributed by atoms with E-state index in [1.54, 1.807) is 12.1 Å². The van der Waals surface area contributed by atoms with Gasteiger partial charge in [-0.3, -0.25) is 9.69 Å². The fraction of sp³-hybridized carbons (Fsp3) is 0.385. The van der Waals surface area contributed by atoms with Crippen LogP contribution < -0.4 is 5.73 Å². The number of morpholine rings is 1. The van der Waals surface area contributed by atoms with E-state index >= 15 is 0 Å². The maximum atomic E-state index is 13.2. The van der Waals surface area contributed by atoms with Crippen LogP contribution in [0, 0.1) is 17.1 Å². The first-order chi connectivity index (χ1) is 9.11. The molecule has 5 nitrogen and oxygen atoms in total. The molecule has 1 aromatic carbocycles. The predicted molar refractivity (Wildman–Crippen MR) is 65.3 cm³/mol. The average molecular weight is 263 g/mol. The van der Waals surface area contributed by atoms with Gasteiger partial charge in [0.2, 0.25) is 5.91 Å². The normalized spacial score (nSPS) is 19.9. The molecule has 1 unspecified atom stereocenters. The summed E-state index contributed by atoms with van der Waals surface area (Å²) in [6.45, 7) is 1.80. The Hall–Kier alpha value is -1.97. The van der Waals surface area contributed by atoms with Gasteiger partial charge in [-0.15, -0.1) is 0 Å². The van der Waals surface area contributed by atoms with Crippen molar-refractivity contribution < 1.29 is 13.9 Å². The second-order valence-electron chi connectivity index (χ2n) is 4.39. The molecule has 1 heterocycles. The third kappa shape index (κ3) is 3.08. The van der Waals surface area contributed by atoms with Crippen molar-refractivity contribution in [3.05, 3.63) is 35.1 Å². The van der Waals surface area contributed by atoms with E-state index in [2.05, 4.69) is 0 Å². The molecule has 1 aliphatic rings. The minimum Gasteiger partial charge on any atom is -0.378 e. The Bertz CT molecular complexity index is 527. The molecule has 1 amide bonds. The van der Waals surface area contributed by atoms with E-state index in [0.29, 0.717) is 19.7 Å². The number of carbonyl (C=O) groups excluding carboxylic acids is 1. The highest BCUT2D eigenvalue weighted by atomic mass is 19.1. The Labute approximate surface area is 110 Å². The lowest BCUT2D eigenvalue weighted by molar-refractivity contribution is -0.129. The van der Waals surface area contributed by atoms with Crippen molar-refractivity contribution in [3.63, 3.8) is 0 Å². The van der Waals surface area contributed by atoms with Crippen LogP contribution in [0.5, 0.6) is 0 Å². The molecule has 0 spiro atoms. The zero-order chi connectivity index (χ0) is 13.8. The summed E-state index contributed by atoms with van der Waals surface area (Å²) >= 11 is 0. The summed E-state index contributed by atoms with van der Waals surface area (Å²) in [5.41, 5.74) is 6.09. The molecule has 1 aliphatic heterocycles. The highest BCUT2D eigenvalue weighted by Gasteiger charge is 2.27. The molecule has 100 valence electrons. The molecule has 1 saturated heterocycles. The van der Waals surface area contributed by atoms with Crippen molar-refractivity contribution in [3.8, 4) is 6.07 Å². The van der Waals surface area contributed by atoms with Crippen molar-refractivity contribution in [2.45, 2.75) is 12.6 Å². The average Bonchev–Trinajstić information content (AvgIpc) is 2.41. The Kier molecular flexibility index (Phi) is 4.10. The van der Waals surface area contributed by atoms with Gasteiger partial charge in [-0.25, -0.2) is 4.39 Å². The van der Waals surface area contributed by atoms with E-state index in [0.717, 1.165) is 5.56 Å². The van der Waals surface area contributed by atoms with E-state index in [-0.39, 0.29) is 12.2 Å². The number of primary amides is 1. The highest BCUT2D eigenvalue weighted by molar-refractivity contribution is 5.80. The monoisotopic (exact) mass is 263 g/mol. The summed E-state index contributed by atoms with van der Waals surface area (Å²) in [6, 6.07) is 5.66. The van der Waals surface area contributed by atoms with Gasteiger partial charge in [0.05, 0.1) is 18.8 Å². The van der Waals surface area contributed by atoms with Crippen LogP contribution in [-0.4, -0.2) is 36.6 Å². The molecule has 0 aliphatic carbocycles. The molecule has 0 bridgehead atoms. The topological polar surface area (TPSA) is 79.3 Å². The van der Waals surface area contributed by atoms with Crippen LogP contribution in [0.2, 0.25) is 0 Å². The van der Waals surface area contributed by atoms with E-state index in [1.807, 2.05) is 4.90 Å². The predicted octanol–water partition coefficient (Wildman–Crippen LogP) is 0.383. The summed E-state index contributed by atoms with van der Waals surface area (Å²) in [5.74, 6) is -0.984. The van der Waals surface area contributed by atoms with Crippen molar-refractivity contribution in [1.82, 2.24) is 4.90 Å². The fourth-order valence-corrected chi connectivity index (χ4v) is 2.08. The van der Waals surface area contributed by atoms with Crippen LogP contribution in [-0.2, 0) is 16.1 Å². The number of benzene rings is 1. The molecule has 1 atom stereocenters. The lowest BCUT2D eigenvalue weighted by atomic mass is 10.1. The Morgan fingerprint density at radius 3 is 3.11 bits per heavy atom. The van der Waals surface area contributed by atoms with Crippen LogP contribution in [0.25, 0.3) is 0 Å². The van der Waals surface area contributed by atoms with Crippen LogP contribution in [0.3, 0.4) is 0 Å². The lowest BCUT2D eigenvalue weighted by Crippen LogP contribution is -2.51. The molecule has 0 saturated carbocycles. The molecular weight excluding hydrogens is 249 g/mol. The molecule has 19 heavy (non-hydrogen) atoms. The van der Waals surface area contributed by atoms with Crippen molar-refractivity contribution >= 4 is 5.91 Å². The van der Waals surface area contributed by atoms with Crippen molar-refractivity contribution in [2.75, 3.05) is 19.8 Å². The number of hydrogen-bond donors (Lipinski definition) is 1. The number of nitrogens with zero attached hydrogens (tertiary/aromatic N) is 2. The first-order valence-electron chi connectivity index (χ1n) is 5.91. The third-order valence-electron chi connectivity index (χ3n) is 3.10. The molecule has 2 rings (SSSR count). The first kappa shape index (κ1) is 13.5. The minimum absolute atomic E-state index is 0.00128. The van der Waals surface area contributed by atoms with Gasteiger partial charge >= 0.3 is 0 Å². The third-order valence-corrected chi connectivity index (χ3v) is 3.10. The molecule has 1 fully saturated rings. The summed E-state index contributed by atoms with van der Waals surface area (Å²) < 4.78 is 18.4. The van der Waals surface area contributed by atoms with Crippen LogP contribution in [0.1, 0.15) is 11.1 Å². The van der Waals surface area contributed by atoms with E-state index in [9.17, 15) is 9.18 Å². The highest BCUT2D eigenvalue weighted by Crippen LogP contribution is 2.15. The smallest absolute Gasteiger partial charge is 0.237 e.